The number of para-hydroxylation sites is 2. The van der Waals surface area contributed by atoms with E-state index in [0.717, 1.165) is 29.2 Å². The number of aromatic nitrogens is 3. The van der Waals surface area contributed by atoms with Gasteiger partial charge < -0.3 is 15.0 Å². The minimum Gasteiger partial charge on any atom is -0.496 e. The third kappa shape index (κ3) is 3.97. The van der Waals surface area contributed by atoms with Crippen LogP contribution in [0.4, 0.5) is 0 Å². The Balaban J connectivity index is 0.00000240. The number of hydrogen-bond acceptors (Lipinski definition) is 5. The Hall–Kier alpha value is -2.90. The van der Waals surface area contributed by atoms with E-state index in [1.54, 1.807) is 11.8 Å². The molecule has 2 aromatic carbocycles. The molecular formula is C21H24ClN5O2. The van der Waals surface area contributed by atoms with Crippen LogP contribution in [0.3, 0.4) is 0 Å². The van der Waals surface area contributed by atoms with Gasteiger partial charge in [0, 0.05) is 25.2 Å². The number of rotatable bonds is 4. The Morgan fingerprint density at radius 3 is 2.62 bits per heavy atom. The Labute approximate surface area is 176 Å². The van der Waals surface area contributed by atoms with E-state index in [9.17, 15) is 4.79 Å². The molecule has 1 saturated heterocycles. The lowest BCUT2D eigenvalue weighted by atomic mass is 10.0. The van der Waals surface area contributed by atoms with Crippen LogP contribution in [0.5, 0.6) is 5.75 Å². The predicted molar refractivity (Wildman–Crippen MR) is 113 cm³/mol. The average Bonchev–Trinajstić information content (AvgIpc) is 3.15. The quantitative estimate of drug-likeness (QED) is 0.712. The molecule has 152 valence electrons. The van der Waals surface area contributed by atoms with E-state index in [1.807, 2.05) is 66.4 Å². The number of carbonyl (C=O) groups excluding carboxylic acids is 1. The van der Waals surface area contributed by atoms with Gasteiger partial charge in [-0.05, 0) is 25.1 Å². The van der Waals surface area contributed by atoms with Crippen LogP contribution >= 0.6 is 12.4 Å². The van der Waals surface area contributed by atoms with Crippen molar-refractivity contribution in [2.24, 2.45) is 0 Å². The highest BCUT2D eigenvalue weighted by atomic mass is 35.5. The van der Waals surface area contributed by atoms with Crippen LogP contribution in [0.1, 0.15) is 27.8 Å². The molecule has 29 heavy (non-hydrogen) atoms. The van der Waals surface area contributed by atoms with E-state index >= 15 is 0 Å². The van der Waals surface area contributed by atoms with Crippen molar-refractivity contribution >= 4 is 18.3 Å². The Morgan fingerprint density at radius 2 is 1.86 bits per heavy atom. The van der Waals surface area contributed by atoms with E-state index in [0.29, 0.717) is 18.8 Å². The van der Waals surface area contributed by atoms with Gasteiger partial charge in [0.15, 0.2) is 5.69 Å². The third-order valence-corrected chi connectivity index (χ3v) is 5.10. The number of hydrogen-bond donors (Lipinski definition) is 1. The zero-order valence-electron chi connectivity index (χ0n) is 16.4. The van der Waals surface area contributed by atoms with Gasteiger partial charge in [0.05, 0.1) is 24.5 Å². The van der Waals surface area contributed by atoms with Crippen molar-refractivity contribution in [1.82, 2.24) is 25.2 Å². The van der Waals surface area contributed by atoms with Crippen molar-refractivity contribution in [3.05, 3.63) is 71.5 Å². The number of methoxy groups -OCH3 is 1. The lowest BCUT2D eigenvalue weighted by molar-refractivity contribution is 0.0624. The van der Waals surface area contributed by atoms with E-state index in [4.69, 9.17) is 4.74 Å². The van der Waals surface area contributed by atoms with Crippen LogP contribution in [0.2, 0.25) is 0 Å². The number of amides is 1. The van der Waals surface area contributed by atoms with Crippen LogP contribution in [-0.4, -0.2) is 52.5 Å². The summed E-state index contributed by atoms with van der Waals surface area (Å²) in [6.07, 6.45) is 0. The minimum atomic E-state index is -0.126. The number of ether oxygens (including phenoxy) is 1. The fraction of sp³-hybridized carbons (Fsp3) is 0.286. The van der Waals surface area contributed by atoms with Crippen molar-refractivity contribution < 1.29 is 9.53 Å². The second-order valence-corrected chi connectivity index (χ2v) is 6.73. The summed E-state index contributed by atoms with van der Waals surface area (Å²) in [5.74, 6) is 0.663. The first-order valence-electron chi connectivity index (χ1n) is 9.33. The molecule has 1 aromatic heterocycles. The zero-order chi connectivity index (χ0) is 19.5. The Bertz CT molecular complexity index is 976. The number of nitrogens with zero attached hydrogens (tertiary/aromatic N) is 4. The van der Waals surface area contributed by atoms with Gasteiger partial charge >= 0.3 is 0 Å². The molecule has 0 aliphatic carbocycles. The molecule has 1 aliphatic heterocycles. The maximum absolute atomic E-state index is 13.4. The van der Waals surface area contributed by atoms with Gasteiger partial charge in [0.25, 0.3) is 5.91 Å². The second kappa shape index (κ2) is 9.07. The van der Waals surface area contributed by atoms with Gasteiger partial charge in [0.1, 0.15) is 5.75 Å². The van der Waals surface area contributed by atoms with E-state index in [-0.39, 0.29) is 24.4 Å². The zero-order valence-corrected chi connectivity index (χ0v) is 17.2. The monoisotopic (exact) mass is 413 g/mol. The van der Waals surface area contributed by atoms with Crippen LogP contribution < -0.4 is 10.1 Å². The number of benzene rings is 2. The Morgan fingerprint density at radius 1 is 1.14 bits per heavy atom. The summed E-state index contributed by atoms with van der Waals surface area (Å²) in [5.41, 5.74) is 2.98. The molecule has 8 heteroatoms. The fourth-order valence-electron chi connectivity index (χ4n) is 3.64. The summed E-state index contributed by atoms with van der Waals surface area (Å²) in [7, 11) is 1.65. The minimum absolute atomic E-state index is 0. The molecule has 3 aromatic rings. The first-order valence-corrected chi connectivity index (χ1v) is 9.33. The van der Waals surface area contributed by atoms with Gasteiger partial charge in [0.2, 0.25) is 0 Å². The van der Waals surface area contributed by atoms with Crippen molar-refractivity contribution in [2.75, 3.05) is 26.7 Å². The lowest BCUT2D eigenvalue weighted by Gasteiger charge is -2.36. The molecule has 7 nitrogen and oxygen atoms in total. The fourth-order valence-corrected chi connectivity index (χ4v) is 3.64. The number of piperazine rings is 1. The summed E-state index contributed by atoms with van der Waals surface area (Å²) < 4.78 is 7.22. The number of carbonyl (C=O) groups is 1. The van der Waals surface area contributed by atoms with E-state index in [2.05, 4.69) is 15.6 Å². The van der Waals surface area contributed by atoms with Crippen molar-refractivity contribution in [2.45, 2.75) is 13.0 Å². The molecule has 0 radical (unpaired) electrons. The highest BCUT2D eigenvalue weighted by Gasteiger charge is 2.33. The Kier molecular flexibility index (Phi) is 6.51. The summed E-state index contributed by atoms with van der Waals surface area (Å²) >= 11 is 0. The molecule has 0 spiro atoms. The van der Waals surface area contributed by atoms with Crippen molar-refractivity contribution in [3.63, 3.8) is 0 Å². The number of halogens is 1. The molecule has 0 bridgehead atoms. The first-order chi connectivity index (χ1) is 13.7. The number of nitrogens with one attached hydrogen (secondary N) is 1. The molecule has 1 fully saturated rings. The highest BCUT2D eigenvalue weighted by Crippen LogP contribution is 2.31. The van der Waals surface area contributed by atoms with E-state index < -0.39 is 0 Å². The van der Waals surface area contributed by atoms with Crippen LogP contribution in [0, 0.1) is 6.92 Å². The lowest BCUT2D eigenvalue weighted by Crippen LogP contribution is -2.49. The topological polar surface area (TPSA) is 72.3 Å². The molecule has 4 rings (SSSR count). The smallest absolute Gasteiger partial charge is 0.276 e. The van der Waals surface area contributed by atoms with Gasteiger partial charge in [-0.3, -0.25) is 4.79 Å². The largest absolute Gasteiger partial charge is 0.496 e. The molecule has 1 N–H and O–H groups in total. The van der Waals surface area contributed by atoms with Gasteiger partial charge in [-0.25, -0.2) is 4.68 Å². The van der Waals surface area contributed by atoms with Gasteiger partial charge in [-0.2, -0.15) is 0 Å². The standard InChI is InChI=1S/C21H23N5O2.ClH/c1-15-20(23-24-26(15)16-8-4-3-5-9-16)21(27)25-13-12-22-14-18(25)17-10-6-7-11-19(17)28-2;/h3-11,18,22H,12-14H2,1-2H3;1H. The molecule has 1 unspecified atom stereocenters. The van der Waals surface area contributed by atoms with Crippen LogP contribution in [0.25, 0.3) is 5.69 Å². The van der Waals surface area contributed by atoms with Gasteiger partial charge in [-0.1, -0.05) is 41.6 Å². The normalized spacial score (nSPS) is 16.2. The van der Waals surface area contributed by atoms with Crippen molar-refractivity contribution in [1.29, 1.82) is 0 Å². The van der Waals surface area contributed by atoms with E-state index in [1.165, 1.54) is 0 Å². The molecular weight excluding hydrogens is 390 g/mol. The third-order valence-electron chi connectivity index (χ3n) is 5.10. The summed E-state index contributed by atoms with van der Waals surface area (Å²) in [5, 5.41) is 11.8. The first kappa shape index (κ1) is 20.8. The molecule has 2 heterocycles. The highest BCUT2D eigenvalue weighted by molar-refractivity contribution is 5.93. The van der Waals surface area contributed by atoms with Crippen molar-refractivity contribution in [3.8, 4) is 11.4 Å². The molecule has 1 amide bonds. The molecule has 1 aliphatic rings. The predicted octanol–water partition coefficient (Wildman–Crippen LogP) is 2.79. The SMILES string of the molecule is COc1ccccc1C1CNCCN1C(=O)c1nnn(-c2ccccc2)c1C.Cl. The maximum Gasteiger partial charge on any atom is 0.276 e. The van der Waals surface area contributed by atoms with Gasteiger partial charge in [-0.15, -0.1) is 17.5 Å². The van der Waals surface area contributed by atoms with Crippen LogP contribution in [-0.2, 0) is 0 Å². The summed E-state index contributed by atoms with van der Waals surface area (Å²) in [6.45, 7) is 3.88. The second-order valence-electron chi connectivity index (χ2n) is 6.73. The maximum atomic E-state index is 13.4. The summed E-state index contributed by atoms with van der Waals surface area (Å²) in [4.78, 5) is 15.3. The molecule has 1 atom stereocenters. The molecule has 0 saturated carbocycles. The summed E-state index contributed by atoms with van der Waals surface area (Å²) in [6, 6.07) is 17.4. The average molecular weight is 414 g/mol. The van der Waals surface area contributed by atoms with Crippen LogP contribution in [0.15, 0.2) is 54.6 Å².